The van der Waals surface area contributed by atoms with Crippen molar-refractivity contribution in [3.63, 3.8) is 0 Å². The standard InChI is InChI=1S/C22H30N4O/c1-16-19-10-7-12-25(2)22(19)24-21(23-16)20-11-4-5-13-26(20)15-17-8-6-9-18(14-17)27-3/h6,8-9,14,20H,4-5,7,10-13,15H2,1-3H3. The Hall–Kier alpha value is -2.14. The van der Waals surface area contributed by atoms with E-state index in [1.54, 1.807) is 7.11 Å². The Balaban J connectivity index is 1.62. The summed E-state index contributed by atoms with van der Waals surface area (Å²) in [5, 5.41) is 0. The molecule has 2 aromatic rings. The lowest BCUT2D eigenvalue weighted by Crippen LogP contribution is -2.35. The molecular weight excluding hydrogens is 336 g/mol. The molecule has 4 rings (SSSR count). The average Bonchev–Trinajstić information content (AvgIpc) is 2.69. The number of nitrogens with zero attached hydrogens (tertiary/aromatic N) is 4. The van der Waals surface area contributed by atoms with Gasteiger partial charge in [-0.05, 0) is 56.8 Å². The first-order chi connectivity index (χ1) is 13.2. The molecule has 0 spiro atoms. The van der Waals surface area contributed by atoms with Gasteiger partial charge in [-0.1, -0.05) is 18.6 Å². The SMILES string of the molecule is COc1cccc(CN2CCCCC2c2nc(C)c3c(n2)N(C)CCC3)c1. The molecule has 0 N–H and O–H groups in total. The quantitative estimate of drug-likeness (QED) is 0.821. The molecule has 0 amide bonds. The lowest BCUT2D eigenvalue weighted by Gasteiger charge is -2.36. The second-order valence-electron chi connectivity index (χ2n) is 7.83. The van der Waals surface area contributed by atoms with Crippen LogP contribution in [0.4, 0.5) is 5.82 Å². The lowest BCUT2D eigenvalue weighted by molar-refractivity contribution is 0.133. The number of anilines is 1. The predicted octanol–water partition coefficient (Wildman–Crippen LogP) is 3.90. The third-order valence-electron chi connectivity index (χ3n) is 5.92. The number of aryl methyl sites for hydroxylation is 1. The zero-order valence-electron chi connectivity index (χ0n) is 16.7. The van der Waals surface area contributed by atoms with Crippen LogP contribution >= 0.6 is 0 Å². The normalized spacial score (nSPS) is 20.4. The minimum absolute atomic E-state index is 0.296. The van der Waals surface area contributed by atoms with Crippen LogP contribution in [0, 0.1) is 6.92 Å². The van der Waals surface area contributed by atoms with Crippen LogP contribution in [0.2, 0.25) is 0 Å². The second kappa shape index (κ2) is 7.85. The fourth-order valence-electron chi connectivity index (χ4n) is 4.44. The number of methoxy groups -OCH3 is 1. The Morgan fingerprint density at radius 2 is 2.04 bits per heavy atom. The van der Waals surface area contributed by atoms with Gasteiger partial charge < -0.3 is 9.64 Å². The van der Waals surface area contributed by atoms with E-state index in [1.165, 1.54) is 30.4 Å². The van der Waals surface area contributed by atoms with Crippen molar-refractivity contribution in [2.24, 2.45) is 0 Å². The van der Waals surface area contributed by atoms with Gasteiger partial charge in [0.15, 0.2) is 0 Å². The Bertz CT molecular complexity index is 807. The average molecular weight is 367 g/mol. The Labute approximate surface area is 162 Å². The largest absolute Gasteiger partial charge is 0.497 e. The highest BCUT2D eigenvalue weighted by atomic mass is 16.5. The monoisotopic (exact) mass is 366 g/mol. The van der Waals surface area contributed by atoms with E-state index in [0.717, 1.165) is 55.6 Å². The minimum Gasteiger partial charge on any atom is -0.497 e. The van der Waals surface area contributed by atoms with Crippen molar-refractivity contribution < 1.29 is 4.74 Å². The van der Waals surface area contributed by atoms with Gasteiger partial charge in [0.2, 0.25) is 0 Å². The van der Waals surface area contributed by atoms with Gasteiger partial charge >= 0.3 is 0 Å². The number of ether oxygens (including phenoxy) is 1. The number of piperidine rings is 1. The first kappa shape index (κ1) is 18.2. The number of likely N-dealkylation sites (tertiary alicyclic amines) is 1. The maximum Gasteiger partial charge on any atom is 0.148 e. The molecule has 2 aliphatic heterocycles. The Morgan fingerprint density at radius 3 is 2.89 bits per heavy atom. The van der Waals surface area contributed by atoms with Crippen molar-refractivity contribution >= 4 is 5.82 Å². The Morgan fingerprint density at radius 1 is 1.15 bits per heavy atom. The molecule has 0 aliphatic carbocycles. The predicted molar refractivity (Wildman–Crippen MR) is 108 cm³/mol. The molecule has 1 atom stereocenters. The molecule has 0 radical (unpaired) electrons. The lowest BCUT2D eigenvalue weighted by atomic mass is 9.99. The number of benzene rings is 1. The fraction of sp³-hybridized carbons (Fsp3) is 0.545. The summed E-state index contributed by atoms with van der Waals surface area (Å²) in [6.07, 6.45) is 5.91. The summed E-state index contributed by atoms with van der Waals surface area (Å²) >= 11 is 0. The van der Waals surface area contributed by atoms with Crippen LogP contribution in [0.1, 0.15) is 54.4 Å². The fourth-order valence-corrected chi connectivity index (χ4v) is 4.44. The zero-order valence-corrected chi connectivity index (χ0v) is 16.7. The maximum absolute atomic E-state index is 5.40. The zero-order chi connectivity index (χ0) is 18.8. The summed E-state index contributed by atoms with van der Waals surface area (Å²) in [7, 11) is 3.88. The van der Waals surface area contributed by atoms with Gasteiger partial charge in [0, 0.05) is 31.4 Å². The molecule has 144 valence electrons. The van der Waals surface area contributed by atoms with Gasteiger partial charge in [0.05, 0.1) is 13.2 Å². The third-order valence-corrected chi connectivity index (χ3v) is 5.92. The highest BCUT2D eigenvalue weighted by Gasteiger charge is 2.29. The summed E-state index contributed by atoms with van der Waals surface area (Å²) in [6, 6.07) is 8.69. The molecule has 5 heteroatoms. The van der Waals surface area contributed by atoms with E-state index in [1.807, 2.05) is 6.07 Å². The molecule has 1 aromatic carbocycles. The van der Waals surface area contributed by atoms with Crippen LogP contribution in [-0.2, 0) is 13.0 Å². The van der Waals surface area contributed by atoms with Crippen molar-refractivity contribution in [3.05, 3.63) is 46.9 Å². The van der Waals surface area contributed by atoms with Crippen molar-refractivity contribution in [2.45, 2.75) is 51.6 Å². The molecule has 0 bridgehead atoms. The van der Waals surface area contributed by atoms with E-state index >= 15 is 0 Å². The van der Waals surface area contributed by atoms with Gasteiger partial charge in [0.25, 0.3) is 0 Å². The number of hydrogen-bond acceptors (Lipinski definition) is 5. The molecule has 1 unspecified atom stereocenters. The van der Waals surface area contributed by atoms with Gasteiger partial charge in [-0.3, -0.25) is 4.90 Å². The van der Waals surface area contributed by atoms with Crippen LogP contribution in [0.3, 0.4) is 0 Å². The minimum atomic E-state index is 0.296. The van der Waals surface area contributed by atoms with Crippen molar-refractivity contribution in [1.29, 1.82) is 0 Å². The van der Waals surface area contributed by atoms with Gasteiger partial charge in [-0.2, -0.15) is 0 Å². The smallest absolute Gasteiger partial charge is 0.148 e. The van der Waals surface area contributed by atoms with Crippen molar-refractivity contribution in [1.82, 2.24) is 14.9 Å². The van der Waals surface area contributed by atoms with Crippen LogP contribution < -0.4 is 9.64 Å². The van der Waals surface area contributed by atoms with Gasteiger partial charge in [0.1, 0.15) is 17.4 Å². The van der Waals surface area contributed by atoms with Crippen LogP contribution in [-0.4, -0.2) is 42.1 Å². The maximum atomic E-state index is 5.40. The van der Waals surface area contributed by atoms with Gasteiger partial charge in [-0.15, -0.1) is 0 Å². The first-order valence-electron chi connectivity index (χ1n) is 10.1. The highest BCUT2D eigenvalue weighted by molar-refractivity contribution is 5.50. The molecule has 1 saturated heterocycles. The number of aromatic nitrogens is 2. The summed E-state index contributed by atoms with van der Waals surface area (Å²) in [4.78, 5) is 14.9. The van der Waals surface area contributed by atoms with Crippen LogP contribution in [0.5, 0.6) is 5.75 Å². The summed E-state index contributed by atoms with van der Waals surface area (Å²) in [5.41, 5.74) is 3.78. The summed E-state index contributed by atoms with van der Waals surface area (Å²) in [6.45, 7) is 5.24. The van der Waals surface area contributed by atoms with Crippen molar-refractivity contribution in [2.75, 3.05) is 32.1 Å². The molecule has 5 nitrogen and oxygen atoms in total. The topological polar surface area (TPSA) is 41.5 Å². The van der Waals surface area contributed by atoms with E-state index in [0.29, 0.717) is 6.04 Å². The first-order valence-corrected chi connectivity index (χ1v) is 10.1. The molecule has 27 heavy (non-hydrogen) atoms. The van der Waals surface area contributed by atoms with E-state index in [4.69, 9.17) is 14.7 Å². The number of fused-ring (bicyclic) bond motifs is 1. The van der Waals surface area contributed by atoms with E-state index in [-0.39, 0.29) is 0 Å². The molecule has 1 fully saturated rings. The summed E-state index contributed by atoms with van der Waals surface area (Å²) < 4.78 is 5.40. The Kier molecular flexibility index (Phi) is 5.30. The highest BCUT2D eigenvalue weighted by Crippen LogP contribution is 2.34. The van der Waals surface area contributed by atoms with Crippen molar-refractivity contribution in [3.8, 4) is 5.75 Å². The molecule has 2 aliphatic rings. The number of hydrogen-bond donors (Lipinski definition) is 0. The molecule has 0 saturated carbocycles. The van der Waals surface area contributed by atoms with Crippen LogP contribution in [0.15, 0.2) is 24.3 Å². The van der Waals surface area contributed by atoms with E-state index in [2.05, 4.69) is 42.0 Å². The molecular formula is C22H30N4O. The number of rotatable bonds is 4. The molecule has 1 aromatic heterocycles. The second-order valence-corrected chi connectivity index (χ2v) is 7.83. The molecule has 3 heterocycles. The van der Waals surface area contributed by atoms with Gasteiger partial charge in [-0.25, -0.2) is 9.97 Å². The summed E-state index contributed by atoms with van der Waals surface area (Å²) in [5.74, 6) is 3.07. The van der Waals surface area contributed by atoms with E-state index in [9.17, 15) is 0 Å². The van der Waals surface area contributed by atoms with E-state index < -0.39 is 0 Å². The third kappa shape index (κ3) is 3.79. The van der Waals surface area contributed by atoms with Crippen LogP contribution in [0.25, 0.3) is 0 Å².